The molecule has 0 bridgehead atoms. The van der Waals surface area contributed by atoms with Gasteiger partial charge in [-0.05, 0) is 39.6 Å². The maximum atomic E-state index is 6.29. The molecule has 1 unspecified atom stereocenters. The van der Waals surface area contributed by atoms with E-state index in [1.165, 1.54) is 5.56 Å². The van der Waals surface area contributed by atoms with E-state index in [4.69, 9.17) is 14.4 Å². The zero-order chi connectivity index (χ0) is 27.2. The molecule has 0 amide bonds. The number of hydrogen-bond acceptors (Lipinski definition) is 5. The zero-order valence-corrected chi connectivity index (χ0v) is 22.0. The minimum Gasteiger partial charge on any atom is -0.454 e. The molecule has 194 valence electrons. The first kappa shape index (κ1) is 23.3. The Morgan fingerprint density at radius 1 is 0.561 bits per heavy atom. The summed E-state index contributed by atoms with van der Waals surface area (Å²) >= 11 is 0. The third-order valence-electron chi connectivity index (χ3n) is 7.61. The Morgan fingerprint density at radius 3 is 1.95 bits per heavy atom. The van der Waals surface area contributed by atoms with E-state index in [1.54, 1.807) is 6.20 Å². The SMILES string of the molecule is c1ccc(C2=NC(c3ccc(-c4ccccc4)cc3)N=C(c3cncc4oc5cc6ccccc6cc5c34)N2)cc1. The highest BCUT2D eigenvalue weighted by Crippen LogP contribution is 2.35. The maximum Gasteiger partial charge on any atom is 0.169 e. The van der Waals surface area contributed by atoms with E-state index < -0.39 is 6.17 Å². The number of furan rings is 1. The van der Waals surface area contributed by atoms with Crippen LogP contribution in [0.1, 0.15) is 22.9 Å². The summed E-state index contributed by atoms with van der Waals surface area (Å²) in [6, 6.07) is 41.7. The number of aromatic nitrogens is 1. The molecule has 1 atom stereocenters. The van der Waals surface area contributed by atoms with Crippen LogP contribution in [0.15, 0.2) is 148 Å². The molecule has 5 aromatic carbocycles. The van der Waals surface area contributed by atoms with Crippen molar-refractivity contribution in [3.05, 3.63) is 150 Å². The topological polar surface area (TPSA) is 62.8 Å². The Balaban J connectivity index is 1.28. The maximum absolute atomic E-state index is 6.29. The summed E-state index contributed by atoms with van der Waals surface area (Å²) in [5.41, 5.74) is 6.78. The van der Waals surface area contributed by atoms with E-state index in [0.29, 0.717) is 5.84 Å². The second kappa shape index (κ2) is 9.57. The number of nitrogens with one attached hydrogen (secondary N) is 1. The number of benzene rings is 5. The van der Waals surface area contributed by atoms with E-state index >= 15 is 0 Å². The summed E-state index contributed by atoms with van der Waals surface area (Å²) in [5.74, 6) is 1.48. The molecule has 0 spiro atoms. The van der Waals surface area contributed by atoms with Crippen molar-refractivity contribution in [1.29, 1.82) is 0 Å². The zero-order valence-electron chi connectivity index (χ0n) is 22.0. The highest BCUT2D eigenvalue weighted by atomic mass is 16.3. The molecular weight excluding hydrogens is 504 g/mol. The second-order valence-electron chi connectivity index (χ2n) is 10.2. The molecule has 5 heteroatoms. The van der Waals surface area contributed by atoms with E-state index in [0.717, 1.165) is 60.8 Å². The van der Waals surface area contributed by atoms with Gasteiger partial charge in [0.25, 0.3) is 0 Å². The summed E-state index contributed by atoms with van der Waals surface area (Å²) in [6.45, 7) is 0. The molecular formula is C36H24N4O. The summed E-state index contributed by atoms with van der Waals surface area (Å²) in [7, 11) is 0. The van der Waals surface area contributed by atoms with Gasteiger partial charge in [-0.2, -0.15) is 0 Å². The van der Waals surface area contributed by atoms with E-state index in [2.05, 4.69) is 101 Å². The third kappa shape index (κ3) is 4.15. The van der Waals surface area contributed by atoms with Crippen LogP contribution in [0.3, 0.4) is 0 Å². The Kier molecular flexibility index (Phi) is 5.45. The molecule has 1 aliphatic heterocycles. The van der Waals surface area contributed by atoms with Crippen molar-refractivity contribution in [3.8, 4) is 11.1 Å². The monoisotopic (exact) mass is 528 g/mol. The third-order valence-corrected chi connectivity index (χ3v) is 7.61. The molecule has 8 rings (SSSR count). The molecule has 1 N–H and O–H groups in total. The van der Waals surface area contributed by atoms with Crippen LogP contribution in [-0.2, 0) is 0 Å². The fourth-order valence-corrected chi connectivity index (χ4v) is 5.55. The van der Waals surface area contributed by atoms with Gasteiger partial charge in [-0.3, -0.25) is 4.98 Å². The normalized spacial score (nSPS) is 15.1. The first-order valence-electron chi connectivity index (χ1n) is 13.6. The summed E-state index contributed by atoms with van der Waals surface area (Å²) < 4.78 is 6.29. The molecule has 5 nitrogen and oxygen atoms in total. The molecule has 0 fully saturated rings. The van der Waals surface area contributed by atoms with Crippen molar-refractivity contribution < 1.29 is 4.42 Å². The van der Waals surface area contributed by atoms with Gasteiger partial charge in [0.2, 0.25) is 0 Å². The van der Waals surface area contributed by atoms with Crippen LogP contribution < -0.4 is 5.32 Å². The molecule has 3 heterocycles. The Morgan fingerprint density at radius 2 is 1.20 bits per heavy atom. The van der Waals surface area contributed by atoms with Crippen LogP contribution in [0.25, 0.3) is 43.8 Å². The molecule has 2 aromatic heterocycles. The molecule has 41 heavy (non-hydrogen) atoms. The van der Waals surface area contributed by atoms with E-state index in [9.17, 15) is 0 Å². The Labute approximate surface area is 236 Å². The first-order chi connectivity index (χ1) is 20.3. The molecule has 0 aliphatic carbocycles. The lowest BCUT2D eigenvalue weighted by Gasteiger charge is -2.22. The van der Waals surface area contributed by atoms with Crippen LogP contribution >= 0.6 is 0 Å². The van der Waals surface area contributed by atoms with Crippen molar-refractivity contribution in [2.24, 2.45) is 9.98 Å². The van der Waals surface area contributed by atoms with Crippen molar-refractivity contribution in [2.45, 2.75) is 6.17 Å². The fraction of sp³-hybridized carbons (Fsp3) is 0.0278. The highest BCUT2D eigenvalue weighted by molar-refractivity contribution is 6.24. The Hall–Kier alpha value is -5.55. The number of nitrogens with zero attached hydrogens (tertiary/aromatic N) is 3. The van der Waals surface area contributed by atoms with Crippen LogP contribution in [-0.4, -0.2) is 16.7 Å². The van der Waals surface area contributed by atoms with Gasteiger partial charge in [0.15, 0.2) is 11.7 Å². The summed E-state index contributed by atoms with van der Waals surface area (Å²) in [6.07, 6.45) is 3.22. The molecule has 0 radical (unpaired) electrons. The van der Waals surface area contributed by atoms with Gasteiger partial charge in [-0.25, -0.2) is 9.98 Å². The molecule has 0 saturated carbocycles. The number of hydrogen-bond donors (Lipinski definition) is 1. The minimum atomic E-state index is -0.416. The quantitative estimate of drug-likeness (QED) is 0.250. The average molecular weight is 529 g/mol. The average Bonchev–Trinajstić information content (AvgIpc) is 3.42. The van der Waals surface area contributed by atoms with Crippen molar-refractivity contribution in [3.63, 3.8) is 0 Å². The van der Waals surface area contributed by atoms with Gasteiger partial charge in [0.1, 0.15) is 17.3 Å². The number of amidine groups is 2. The lowest BCUT2D eigenvalue weighted by Crippen LogP contribution is -2.36. The fourth-order valence-electron chi connectivity index (χ4n) is 5.55. The highest BCUT2D eigenvalue weighted by Gasteiger charge is 2.24. The summed E-state index contributed by atoms with van der Waals surface area (Å²) in [4.78, 5) is 14.7. The van der Waals surface area contributed by atoms with Gasteiger partial charge >= 0.3 is 0 Å². The van der Waals surface area contributed by atoms with Crippen LogP contribution in [0, 0.1) is 0 Å². The minimum absolute atomic E-state index is 0.416. The lowest BCUT2D eigenvalue weighted by molar-refractivity contribution is 0.667. The van der Waals surface area contributed by atoms with E-state index in [-0.39, 0.29) is 0 Å². The Bertz CT molecular complexity index is 2110. The van der Waals surface area contributed by atoms with Crippen molar-refractivity contribution in [2.75, 3.05) is 0 Å². The lowest BCUT2D eigenvalue weighted by atomic mass is 10.0. The molecule has 7 aromatic rings. The largest absolute Gasteiger partial charge is 0.454 e. The van der Waals surface area contributed by atoms with Gasteiger partial charge in [0, 0.05) is 28.1 Å². The van der Waals surface area contributed by atoms with Gasteiger partial charge in [0.05, 0.1) is 6.20 Å². The van der Waals surface area contributed by atoms with Crippen molar-refractivity contribution >= 4 is 44.4 Å². The smallest absolute Gasteiger partial charge is 0.169 e. The number of aliphatic imine (C=N–C) groups is 2. The second-order valence-corrected chi connectivity index (χ2v) is 10.2. The number of rotatable bonds is 4. The van der Waals surface area contributed by atoms with Crippen LogP contribution in [0.2, 0.25) is 0 Å². The van der Waals surface area contributed by atoms with Crippen LogP contribution in [0.4, 0.5) is 0 Å². The molecule has 0 saturated heterocycles. The summed E-state index contributed by atoms with van der Waals surface area (Å²) in [5, 5.41) is 7.84. The predicted octanol–water partition coefficient (Wildman–Crippen LogP) is 8.30. The van der Waals surface area contributed by atoms with Crippen LogP contribution in [0.5, 0.6) is 0 Å². The van der Waals surface area contributed by atoms with Gasteiger partial charge in [-0.15, -0.1) is 0 Å². The molecule has 1 aliphatic rings. The number of fused-ring (bicyclic) bond motifs is 4. The predicted molar refractivity (Wildman–Crippen MR) is 166 cm³/mol. The van der Waals surface area contributed by atoms with Crippen molar-refractivity contribution in [1.82, 2.24) is 10.3 Å². The standard InChI is InChI=1S/C36H24N4O/c1-3-9-23(10-4-1)24-15-17-26(18-16-24)35-38-34(25-11-5-2-6-12-25)39-36(40-35)30-21-37-22-32-33(30)29-19-27-13-7-8-14-28(27)20-31(29)41-32/h1-22,35H,(H,38,39,40). The number of pyridine rings is 1. The van der Waals surface area contributed by atoms with E-state index in [1.807, 2.05) is 36.5 Å². The first-order valence-corrected chi connectivity index (χ1v) is 13.6. The van der Waals surface area contributed by atoms with Gasteiger partial charge in [-0.1, -0.05) is 109 Å². The van der Waals surface area contributed by atoms with Gasteiger partial charge < -0.3 is 9.73 Å².